The largest absolute Gasteiger partial charge is 0.309 e. The van der Waals surface area contributed by atoms with Crippen LogP contribution in [0.25, 0.3) is 61.4 Å². The van der Waals surface area contributed by atoms with Crippen LogP contribution < -0.4 is 0 Å². The Labute approximate surface area is 228 Å². The van der Waals surface area contributed by atoms with Gasteiger partial charge in [0.05, 0.1) is 33.8 Å². The van der Waals surface area contributed by atoms with E-state index in [9.17, 15) is 0 Å². The highest BCUT2D eigenvalue weighted by Gasteiger charge is 2.14. The molecule has 0 bridgehead atoms. The molecule has 5 heteroatoms. The van der Waals surface area contributed by atoms with Gasteiger partial charge in [0, 0.05) is 33.3 Å². The highest BCUT2D eigenvalue weighted by Crippen LogP contribution is 2.35. The maximum atomic E-state index is 4.90. The predicted molar refractivity (Wildman–Crippen MR) is 158 cm³/mol. The Morgan fingerprint density at radius 2 is 1.13 bits per heavy atom. The lowest BCUT2D eigenvalue weighted by atomic mass is 10.0. The summed E-state index contributed by atoms with van der Waals surface area (Å²) in [6.45, 7) is 0. The van der Waals surface area contributed by atoms with Gasteiger partial charge in [0.2, 0.25) is 0 Å². The molecule has 0 unspecified atom stereocenters. The monoisotopic (exact) mass is 552 g/mol. The molecule has 7 aromatic rings. The Morgan fingerprint density at radius 3 is 1.79 bits per heavy atom. The fourth-order valence-electron chi connectivity index (χ4n) is 5.01. The molecule has 38 heavy (non-hydrogen) atoms. The summed E-state index contributed by atoms with van der Waals surface area (Å²) in [5.74, 6) is 0. The number of hydrogen-bond acceptors (Lipinski definition) is 3. The van der Waals surface area contributed by atoms with Crippen molar-refractivity contribution in [3.8, 4) is 39.6 Å². The van der Waals surface area contributed by atoms with Gasteiger partial charge in [-0.15, -0.1) is 0 Å². The molecule has 0 radical (unpaired) electrons. The van der Waals surface area contributed by atoms with Gasteiger partial charge in [-0.25, -0.2) is 4.98 Å². The quantitative estimate of drug-likeness (QED) is 0.219. The van der Waals surface area contributed by atoms with Crippen LogP contribution >= 0.6 is 15.9 Å². The molecule has 0 saturated carbocycles. The molecule has 0 atom stereocenters. The molecule has 0 aliphatic carbocycles. The molecule has 4 heterocycles. The fourth-order valence-corrected chi connectivity index (χ4v) is 5.36. The van der Waals surface area contributed by atoms with Crippen LogP contribution in [0.4, 0.5) is 0 Å². The van der Waals surface area contributed by atoms with E-state index in [4.69, 9.17) is 4.98 Å². The maximum Gasteiger partial charge on any atom is 0.0900 e. The van der Waals surface area contributed by atoms with Gasteiger partial charge in [-0.2, -0.15) is 0 Å². The number of halogens is 1. The van der Waals surface area contributed by atoms with Crippen LogP contribution in [-0.4, -0.2) is 19.5 Å². The van der Waals surface area contributed by atoms with Crippen molar-refractivity contribution in [1.82, 2.24) is 19.5 Å². The Bertz CT molecular complexity index is 1850. The summed E-state index contributed by atoms with van der Waals surface area (Å²) >= 11 is 3.66. The molecule has 0 spiro atoms. The molecule has 0 aliphatic rings. The molecule has 0 saturated heterocycles. The zero-order valence-electron chi connectivity index (χ0n) is 20.3. The first kappa shape index (κ1) is 22.6. The molecule has 7 rings (SSSR count). The van der Waals surface area contributed by atoms with E-state index in [2.05, 4.69) is 109 Å². The number of benzene rings is 3. The van der Waals surface area contributed by atoms with Crippen LogP contribution in [0.15, 0.2) is 132 Å². The number of rotatable bonds is 4. The third-order valence-corrected chi connectivity index (χ3v) is 7.27. The minimum absolute atomic E-state index is 0.820. The minimum Gasteiger partial charge on any atom is -0.309 e. The van der Waals surface area contributed by atoms with Crippen molar-refractivity contribution in [3.05, 3.63) is 132 Å². The van der Waals surface area contributed by atoms with Crippen molar-refractivity contribution in [2.45, 2.75) is 0 Å². The Hall–Kier alpha value is -4.61. The average Bonchev–Trinajstić information content (AvgIpc) is 3.31. The van der Waals surface area contributed by atoms with E-state index in [1.54, 1.807) is 12.4 Å². The molecular formula is C33H21BrN4. The zero-order valence-corrected chi connectivity index (χ0v) is 21.9. The lowest BCUT2D eigenvalue weighted by Crippen LogP contribution is -1.95. The van der Waals surface area contributed by atoms with Crippen LogP contribution in [-0.2, 0) is 0 Å². The molecular weight excluding hydrogens is 532 g/mol. The zero-order chi connectivity index (χ0) is 25.5. The third-order valence-electron chi connectivity index (χ3n) is 6.77. The summed E-state index contributed by atoms with van der Waals surface area (Å²) < 4.78 is 3.39. The van der Waals surface area contributed by atoms with Crippen LogP contribution in [0.1, 0.15) is 0 Å². The molecule has 0 amide bonds. The summed E-state index contributed by atoms with van der Waals surface area (Å²) in [7, 11) is 0. The maximum absolute atomic E-state index is 4.90. The highest BCUT2D eigenvalue weighted by atomic mass is 79.9. The van der Waals surface area contributed by atoms with Gasteiger partial charge in [0.25, 0.3) is 0 Å². The average molecular weight is 553 g/mol. The molecule has 180 valence electrons. The summed E-state index contributed by atoms with van der Waals surface area (Å²) in [6.07, 6.45) is 3.59. The van der Waals surface area contributed by atoms with E-state index in [0.717, 1.165) is 44.1 Å². The van der Waals surface area contributed by atoms with Gasteiger partial charge < -0.3 is 4.57 Å². The Kier molecular flexibility index (Phi) is 5.56. The second-order valence-electron chi connectivity index (χ2n) is 9.12. The van der Waals surface area contributed by atoms with Gasteiger partial charge >= 0.3 is 0 Å². The summed E-state index contributed by atoms with van der Waals surface area (Å²) in [5.41, 5.74) is 8.95. The summed E-state index contributed by atoms with van der Waals surface area (Å²) in [5, 5.41) is 2.48. The minimum atomic E-state index is 0.820. The molecule has 4 aromatic heterocycles. The number of nitrogens with zero attached hydrogens (tertiary/aromatic N) is 4. The predicted octanol–water partition coefficient (Wildman–Crippen LogP) is 8.73. The second kappa shape index (κ2) is 9.36. The van der Waals surface area contributed by atoms with Crippen LogP contribution in [0, 0.1) is 0 Å². The van der Waals surface area contributed by atoms with E-state index in [1.165, 1.54) is 21.8 Å². The number of hydrogen-bond donors (Lipinski definition) is 0. The van der Waals surface area contributed by atoms with Crippen molar-refractivity contribution in [1.29, 1.82) is 0 Å². The number of fused-ring (bicyclic) bond motifs is 3. The summed E-state index contributed by atoms with van der Waals surface area (Å²) in [4.78, 5) is 14.0. The SMILES string of the molecule is Brc1ccc2c3ccccc3n(-c3ccc(-c4cc(-c5ccccn5)nc(-c5ccccn5)c4)cc3)c2c1. The molecule has 0 aliphatic heterocycles. The normalized spacial score (nSPS) is 11.3. The smallest absolute Gasteiger partial charge is 0.0900 e. The molecule has 0 N–H and O–H groups in total. The van der Waals surface area contributed by atoms with Gasteiger partial charge in [-0.3, -0.25) is 9.97 Å². The standard InChI is InChI=1S/C33H21BrN4/c34-24-13-16-27-26-7-1-2-10-32(26)38(33(27)21-24)25-14-11-22(12-15-25)23-19-30(28-8-3-5-17-35-28)37-31(20-23)29-9-4-6-18-36-29/h1-21H. The topological polar surface area (TPSA) is 43.6 Å². The van der Waals surface area contributed by atoms with E-state index in [0.29, 0.717) is 0 Å². The van der Waals surface area contributed by atoms with Gasteiger partial charge in [-0.1, -0.05) is 64.5 Å². The van der Waals surface area contributed by atoms with Gasteiger partial charge in [0.15, 0.2) is 0 Å². The Morgan fingerprint density at radius 1 is 0.500 bits per heavy atom. The van der Waals surface area contributed by atoms with E-state index in [-0.39, 0.29) is 0 Å². The first-order chi connectivity index (χ1) is 18.7. The fraction of sp³-hybridized carbons (Fsp3) is 0. The van der Waals surface area contributed by atoms with Crippen molar-refractivity contribution in [2.75, 3.05) is 0 Å². The van der Waals surface area contributed by atoms with Crippen LogP contribution in [0.5, 0.6) is 0 Å². The third kappa shape index (κ3) is 3.98. The van der Waals surface area contributed by atoms with E-state index in [1.807, 2.05) is 36.4 Å². The first-order valence-corrected chi connectivity index (χ1v) is 13.2. The number of para-hydroxylation sites is 1. The first-order valence-electron chi connectivity index (χ1n) is 12.4. The van der Waals surface area contributed by atoms with E-state index >= 15 is 0 Å². The van der Waals surface area contributed by atoms with Gasteiger partial charge in [0.1, 0.15) is 0 Å². The van der Waals surface area contributed by atoms with Crippen molar-refractivity contribution in [3.63, 3.8) is 0 Å². The molecule has 0 fully saturated rings. The van der Waals surface area contributed by atoms with Gasteiger partial charge in [-0.05, 0) is 77.9 Å². The van der Waals surface area contributed by atoms with Crippen molar-refractivity contribution in [2.24, 2.45) is 0 Å². The Balaban J connectivity index is 1.37. The van der Waals surface area contributed by atoms with Crippen LogP contribution in [0.3, 0.4) is 0 Å². The molecule has 4 nitrogen and oxygen atoms in total. The number of pyridine rings is 3. The van der Waals surface area contributed by atoms with Crippen molar-refractivity contribution >= 4 is 37.7 Å². The highest BCUT2D eigenvalue weighted by molar-refractivity contribution is 9.10. The molecule has 3 aromatic carbocycles. The lowest BCUT2D eigenvalue weighted by molar-refractivity contribution is 1.18. The second-order valence-corrected chi connectivity index (χ2v) is 10.0. The number of aromatic nitrogens is 4. The summed E-state index contributed by atoms with van der Waals surface area (Å²) in [6, 6.07) is 39.7. The van der Waals surface area contributed by atoms with E-state index < -0.39 is 0 Å². The van der Waals surface area contributed by atoms with Crippen molar-refractivity contribution < 1.29 is 0 Å². The van der Waals surface area contributed by atoms with Crippen LogP contribution in [0.2, 0.25) is 0 Å². The lowest BCUT2D eigenvalue weighted by Gasteiger charge is -2.11.